The van der Waals surface area contributed by atoms with Crippen LogP contribution in [0.2, 0.25) is 0 Å². The summed E-state index contributed by atoms with van der Waals surface area (Å²) in [6.45, 7) is 1.85. The van der Waals surface area contributed by atoms with Crippen LogP contribution in [0.15, 0.2) is 47.1 Å². The van der Waals surface area contributed by atoms with Gasteiger partial charge in [-0.2, -0.15) is 11.8 Å². The van der Waals surface area contributed by atoms with Gasteiger partial charge in [0.15, 0.2) is 5.78 Å². The standard InChI is InChI=1S/C15H15O4S/c1-2-19-15(18)12(16)7-8-13-14(17)11-6-4-3-5-10(11)9-20-13/h3-8,16,20H,2,9H2,1H3. The minimum Gasteiger partial charge on any atom is -0.502 e. The molecule has 1 heterocycles. The Kier molecular flexibility index (Phi) is 4.63. The maximum absolute atomic E-state index is 12.2. The summed E-state index contributed by atoms with van der Waals surface area (Å²) in [6.07, 6.45) is 2.69. The van der Waals surface area contributed by atoms with Crippen LogP contribution >= 0.6 is 11.8 Å². The molecule has 105 valence electrons. The van der Waals surface area contributed by atoms with Crippen molar-refractivity contribution in [3.8, 4) is 0 Å². The number of aliphatic hydroxyl groups is 1. The number of esters is 1. The van der Waals surface area contributed by atoms with Crippen molar-refractivity contribution < 1.29 is 19.4 Å². The van der Waals surface area contributed by atoms with Crippen molar-refractivity contribution in [2.24, 2.45) is 0 Å². The normalized spacial score (nSPS) is 16.9. The van der Waals surface area contributed by atoms with Crippen LogP contribution in [-0.2, 0) is 15.3 Å². The molecular formula is C15H15O4S. The number of fused-ring (bicyclic) bond motifs is 1. The van der Waals surface area contributed by atoms with Crippen LogP contribution in [0.3, 0.4) is 0 Å². The highest BCUT2D eigenvalue weighted by molar-refractivity contribution is 8.03. The number of Topliss-reactive ketones (excluding diaryl/α,β-unsaturated/α-hetero) is 1. The number of hydrogen-bond acceptors (Lipinski definition) is 4. The quantitative estimate of drug-likeness (QED) is 0.389. The monoisotopic (exact) mass is 291 g/mol. The number of rotatable bonds is 3. The largest absolute Gasteiger partial charge is 0.502 e. The fourth-order valence-corrected chi connectivity index (χ4v) is 2.88. The van der Waals surface area contributed by atoms with Crippen molar-refractivity contribution >= 4 is 23.5 Å². The molecule has 0 atom stereocenters. The molecule has 1 aromatic rings. The van der Waals surface area contributed by atoms with Crippen molar-refractivity contribution in [3.05, 3.63) is 58.2 Å². The average Bonchev–Trinajstić information content (AvgIpc) is 2.47. The molecule has 0 unspecified atom stereocenters. The van der Waals surface area contributed by atoms with Crippen LogP contribution in [-0.4, -0.2) is 23.5 Å². The zero-order chi connectivity index (χ0) is 14.5. The molecule has 0 aromatic heterocycles. The van der Waals surface area contributed by atoms with E-state index in [9.17, 15) is 14.7 Å². The molecule has 0 aliphatic carbocycles. The van der Waals surface area contributed by atoms with E-state index in [4.69, 9.17) is 0 Å². The number of benzene rings is 1. The molecule has 0 saturated carbocycles. The van der Waals surface area contributed by atoms with Crippen molar-refractivity contribution in [1.82, 2.24) is 0 Å². The molecule has 1 aliphatic heterocycles. The fraction of sp³-hybridized carbons (Fsp3) is 0.200. The fourth-order valence-electron chi connectivity index (χ4n) is 1.82. The lowest BCUT2D eigenvalue weighted by molar-refractivity contribution is -0.141. The molecule has 1 N–H and O–H groups in total. The minimum atomic E-state index is -0.787. The second-order valence-corrected chi connectivity index (χ2v) is 5.24. The maximum atomic E-state index is 12.2. The maximum Gasteiger partial charge on any atom is 0.373 e. The van der Waals surface area contributed by atoms with Gasteiger partial charge in [0.05, 0.1) is 6.61 Å². The number of aliphatic hydroxyl groups excluding tert-OH is 1. The number of hydrogen-bond donors (Lipinski definition) is 2. The minimum absolute atomic E-state index is 0.0681. The molecule has 0 spiro atoms. The first-order chi connectivity index (χ1) is 9.63. The summed E-state index contributed by atoms with van der Waals surface area (Å²) in [4.78, 5) is 24.0. The number of ether oxygens (including phenoxy) is 1. The number of thiol groups is 1. The third-order valence-corrected chi connectivity index (χ3v) is 3.99. The second-order valence-electron chi connectivity index (χ2n) is 4.13. The van der Waals surface area contributed by atoms with Gasteiger partial charge in [-0.25, -0.2) is 4.79 Å². The molecule has 1 aromatic carbocycles. The predicted octanol–water partition coefficient (Wildman–Crippen LogP) is 2.74. The molecule has 1 radical (unpaired) electrons. The first-order valence-corrected chi connectivity index (χ1v) is 7.29. The van der Waals surface area contributed by atoms with Crippen LogP contribution in [0.4, 0.5) is 0 Å². The summed E-state index contributed by atoms with van der Waals surface area (Å²) in [5.74, 6) is -0.603. The Labute approximate surface area is 121 Å². The van der Waals surface area contributed by atoms with E-state index >= 15 is 0 Å². The number of carbonyl (C=O) groups excluding carboxylic acids is 2. The van der Waals surface area contributed by atoms with E-state index in [0.29, 0.717) is 10.5 Å². The van der Waals surface area contributed by atoms with Crippen molar-refractivity contribution in [1.29, 1.82) is 0 Å². The first kappa shape index (κ1) is 14.4. The van der Waals surface area contributed by atoms with Crippen LogP contribution in [0, 0.1) is 0 Å². The van der Waals surface area contributed by atoms with Crippen LogP contribution < -0.4 is 0 Å². The number of ketones is 1. The Morgan fingerprint density at radius 3 is 2.95 bits per heavy atom. The Hall–Kier alpha value is -2.01. The van der Waals surface area contributed by atoms with E-state index in [2.05, 4.69) is 4.74 Å². The number of carbonyl (C=O) groups is 2. The van der Waals surface area contributed by atoms with Crippen LogP contribution in [0.25, 0.3) is 0 Å². The average molecular weight is 291 g/mol. The summed E-state index contributed by atoms with van der Waals surface area (Å²) in [5.41, 5.74) is 1.71. The second kappa shape index (κ2) is 6.43. The third kappa shape index (κ3) is 3.11. The Bertz CT molecular complexity index is 602. The molecule has 0 saturated heterocycles. The molecule has 1 aliphatic rings. The van der Waals surface area contributed by atoms with Crippen LogP contribution in [0.1, 0.15) is 22.8 Å². The molecule has 0 amide bonds. The zero-order valence-corrected chi connectivity index (χ0v) is 11.9. The first-order valence-electron chi connectivity index (χ1n) is 6.21. The van der Waals surface area contributed by atoms with E-state index in [-0.39, 0.29) is 12.4 Å². The molecule has 4 nitrogen and oxygen atoms in total. The van der Waals surface area contributed by atoms with Gasteiger partial charge in [-0.15, -0.1) is 0 Å². The van der Waals surface area contributed by atoms with E-state index in [1.54, 1.807) is 13.0 Å². The van der Waals surface area contributed by atoms with Crippen LogP contribution in [0.5, 0.6) is 0 Å². The summed E-state index contributed by atoms with van der Waals surface area (Å²) in [6, 6.07) is 7.45. The highest BCUT2D eigenvalue weighted by Crippen LogP contribution is 2.32. The highest BCUT2D eigenvalue weighted by atomic mass is 32.2. The van der Waals surface area contributed by atoms with Gasteiger partial charge in [-0.3, -0.25) is 4.79 Å². The smallest absolute Gasteiger partial charge is 0.373 e. The van der Waals surface area contributed by atoms with Gasteiger partial charge in [-0.1, -0.05) is 24.3 Å². The summed E-state index contributed by atoms with van der Waals surface area (Å²) >= 11 is 0.861. The Morgan fingerprint density at radius 1 is 1.45 bits per heavy atom. The molecule has 0 fully saturated rings. The lowest BCUT2D eigenvalue weighted by Gasteiger charge is -2.17. The molecular weight excluding hydrogens is 276 g/mol. The van der Waals surface area contributed by atoms with Gasteiger partial charge in [0, 0.05) is 16.2 Å². The van der Waals surface area contributed by atoms with E-state index in [1.165, 1.54) is 12.2 Å². The van der Waals surface area contributed by atoms with Gasteiger partial charge >= 0.3 is 5.97 Å². The van der Waals surface area contributed by atoms with E-state index < -0.39 is 11.7 Å². The van der Waals surface area contributed by atoms with Gasteiger partial charge in [0.25, 0.3) is 0 Å². The molecule has 5 heteroatoms. The number of allylic oxidation sites excluding steroid dienone is 3. The summed E-state index contributed by atoms with van der Waals surface area (Å²) in [5, 5.41) is 9.49. The van der Waals surface area contributed by atoms with Crippen molar-refractivity contribution in [3.63, 3.8) is 0 Å². The Balaban J connectivity index is 2.19. The predicted molar refractivity (Wildman–Crippen MR) is 78.9 cm³/mol. The van der Waals surface area contributed by atoms with Gasteiger partial charge in [0.2, 0.25) is 5.76 Å². The zero-order valence-electron chi connectivity index (χ0n) is 11.0. The molecule has 2 rings (SSSR count). The molecule has 0 bridgehead atoms. The van der Waals surface area contributed by atoms with Gasteiger partial charge < -0.3 is 9.84 Å². The summed E-state index contributed by atoms with van der Waals surface area (Å²) in [7, 11) is 0. The highest BCUT2D eigenvalue weighted by Gasteiger charge is 2.20. The summed E-state index contributed by atoms with van der Waals surface area (Å²) < 4.78 is 4.65. The van der Waals surface area contributed by atoms with Crippen molar-refractivity contribution in [2.45, 2.75) is 12.7 Å². The van der Waals surface area contributed by atoms with Gasteiger partial charge in [0.1, 0.15) is 0 Å². The van der Waals surface area contributed by atoms with Gasteiger partial charge in [-0.05, 0) is 24.6 Å². The Morgan fingerprint density at radius 2 is 2.20 bits per heavy atom. The van der Waals surface area contributed by atoms with E-state index in [1.807, 2.05) is 18.2 Å². The lowest BCUT2D eigenvalue weighted by Crippen LogP contribution is -2.10. The van der Waals surface area contributed by atoms with E-state index in [0.717, 1.165) is 23.1 Å². The lowest BCUT2D eigenvalue weighted by atomic mass is 10.0. The SMILES string of the molecule is CCOC(=O)C(O)=CC=C1[SH]Cc2ccccc2C1=O. The van der Waals surface area contributed by atoms with Crippen molar-refractivity contribution in [2.75, 3.05) is 6.61 Å². The third-order valence-electron chi connectivity index (χ3n) is 2.80. The topological polar surface area (TPSA) is 63.6 Å². The molecule has 20 heavy (non-hydrogen) atoms.